The fourth-order valence-electron chi connectivity index (χ4n) is 1.84. The lowest BCUT2D eigenvalue weighted by Crippen LogP contribution is -2.14. The maximum absolute atomic E-state index is 11.9. The van der Waals surface area contributed by atoms with E-state index in [9.17, 15) is 9.90 Å². The molecule has 0 unspecified atom stereocenters. The first kappa shape index (κ1) is 14.6. The summed E-state index contributed by atoms with van der Waals surface area (Å²) < 4.78 is 0. The normalized spacial score (nSPS) is 9.57. The minimum Gasteiger partial charge on any atom is -0.508 e. The van der Waals surface area contributed by atoms with E-state index in [1.54, 1.807) is 48.5 Å². The second kappa shape index (κ2) is 7.13. The molecule has 0 spiro atoms. The summed E-state index contributed by atoms with van der Waals surface area (Å²) >= 11 is 0. The molecule has 0 aliphatic carbocycles. The van der Waals surface area contributed by atoms with Gasteiger partial charge < -0.3 is 15.5 Å². The van der Waals surface area contributed by atoms with E-state index in [4.69, 9.17) is 5.11 Å². The molecular weight excluding hydrogens is 266 g/mol. The highest BCUT2D eigenvalue weighted by Crippen LogP contribution is 2.13. The van der Waals surface area contributed by atoms with Crippen molar-refractivity contribution in [2.45, 2.75) is 6.42 Å². The maximum Gasteiger partial charge on any atom is 0.228 e. The Balaban J connectivity index is 1.96. The van der Waals surface area contributed by atoms with Gasteiger partial charge in [0, 0.05) is 11.3 Å². The molecule has 2 rings (SSSR count). The number of aromatic hydroxyl groups is 1. The molecule has 3 N–H and O–H groups in total. The zero-order chi connectivity index (χ0) is 15.1. The Morgan fingerprint density at radius 3 is 2.57 bits per heavy atom. The largest absolute Gasteiger partial charge is 0.508 e. The zero-order valence-electron chi connectivity index (χ0n) is 11.3. The van der Waals surface area contributed by atoms with Crippen LogP contribution < -0.4 is 5.32 Å². The van der Waals surface area contributed by atoms with Crippen LogP contribution in [0.15, 0.2) is 48.5 Å². The molecule has 106 valence electrons. The summed E-state index contributed by atoms with van der Waals surface area (Å²) in [7, 11) is 0. The van der Waals surface area contributed by atoms with E-state index in [1.165, 1.54) is 0 Å². The van der Waals surface area contributed by atoms with Crippen molar-refractivity contribution >= 4 is 11.6 Å². The molecule has 2 aromatic rings. The summed E-state index contributed by atoms with van der Waals surface area (Å²) in [6.45, 7) is -0.178. The van der Waals surface area contributed by atoms with Crippen LogP contribution in [-0.4, -0.2) is 22.7 Å². The minimum atomic E-state index is -0.178. The molecule has 0 heterocycles. The van der Waals surface area contributed by atoms with E-state index in [1.807, 2.05) is 0 Å². The van der Waals surface area contributed by atoms with Crippen molar-refractivity contribution in [2.24, 2.45) is 0 Å². The van der Waals surface area contributed by atoms with Gasteiger partial charge in [0.25, 0.3) is 0 Å². The molecule has 0 aliphatic rings. The van der Waals surface area contributed by atoms with Crippen molar-refractivity contribution in [1.82, 2.24) is 0 Å². The number of carbonyl (C=O) groups is 1. The lowest BCUT2D eigenvalue weighted by atomic mass is 10.1. The lowest BCUT2D eigenvalue weighted by molar-refractivity contribution is -0.115. The van der Waals surface area contributed by atoms with Gasteiger partial charge in [0.05, 0.1) is 6.42 Å². The number of rotatable bonds is 3. The van der Waals surface area contributed by atoms with Gasteiger partial charge in [-0.2, -0.15) is 0 Å². The van der Waals surface area contributed by atoms with Crippen molar-refractivity contribution in [3.05, 3.63) is 59.7 Å². The molecule has 4 heteroatoms. The van der Waals surface area contributed by atoms with E-state index in [0.717, 1.165) is 11.1 Å². The number of benzene rings is 2. The summed E-state index contributed by atoms with van der Waals surface area (Å²) in [6.07, 6.45) is 0.195. The molecule has 4 nitrogen and oxygen atoms in total. The predicted molar refractivity (Wildman–Crippen MR) is 80.8 cm³/mol. The number of aliphatic hydroxyl groups excluding tert-OH is 1. The number of phenols is 1. The molecule has 0 aromatic heterocycles. The SMILES string of the molecule is O=C(Cc1cccc(O)c1)Nc1ccc(C#CCO)cc1. The standard InChI is InChI=1S/C17H15NO3/c19-10-2-4-13-6-8-15(9-7-13)18-17(21)12-14-3-1-5-16(20)11-14/h1,3,5-9,11,19-20H,10,12H2,(H,18,21). The molecule has 1 amide bonds. The second-order valence-electron chi connectivity index (χ2n) is 4.43. The van der Waals surface area contributed by atoms with Gasteiger partial charge in [-0.3, -0.25) is 4.79 Å². The van der Waals surface area contributed by atoms with E-state index >= 15 is 0 Å². The highest BCUT2D eigenvalue weighted by molar-refractivity contribution is 5.92. The fraction of sp³-hybridized carbons (Fsp3) is 0.118. The molecule has 0 atom stereocenters. The Kier molecular flexibility index (Phi) is 4.97. The topological polar surface area (TPSA) is 69.6 Å². The lowest BCUT2D eigenvalue weighted by Gasteiger charge is -2.05. The van der Waals surface area contributed by atoms with Crippen molar-refractivity contribution in [1.29, 1.82) is 0 Å². The van der Waals surface area contributed by atoms with Gasteiger partial charge in [-0.05, 0) is 42.0 Å². The van der Waals surface area contributed by atoms with E-state index in [0.29, 0.717) is 5.69 Å². The highest BCUT2D eigenvalue weighted by atomic mass is 16.3. The molecule has 21 heavy (non-hydrogen) atoms. The van der Waals surface area contributed by atoms with Gasteiger partial charge >= 0.3 is 0 Å². The number of hydrogen-bond acceptors (Lipinski definition) is 3. The molecule has 0 bridgehead atoms. The fourth-order valence-corrected chi connectivity index (χ4v) is 1.84. The Morgan fingerprint density at radius 2 is 1.90 bits per heavy atom. The van der Waals surface area contributed by atoms with Crippen LogP contribution in [0.5, 0.6) is 5.75 Å². The van der Waals surface area contributed by atoms with E-state index in [2.05, 4.69) is 17.2 Å². The molecule has 0 saturated carbocycles. The van der Waals surface area contributed by atoms with E-state index < -0.39 is 0 Å². The molecular formula is C17H15NO3. The van der Waals surface area contributed by atoms with Crippen molar-refractivity contribution in [3.8, 4) is 17.6 Å². The molecule has 0 saturated heterocycles. The Labute approximate surface area is 123 Å². The first-order valence-electron chi connectivity index (χ1n) is 6.45. The number of hydrogen-bond donors (Lipinski definition) is 3. The second-order valence-corrected chi connectivity index (χ2v) is 4.43. The van der Waals surface area contributed by atoms with Gasteiger partial charge in [-0.15, -0.1) is 0 Å². The number of amides is 1. The zero-order valence-corrected chi connectivity index (χ0v) is 11.3. The summed E-state index contributed by atoms with van der Waals surface area (Å²) in [5.74, 6) is 5.33. The number of aliphatic hydroxyl groups is 1. The smallest absolute Gasteiger partial charge is 0.228 e. The average molecular weight is 281 g/mol. The summed E-state index contributed by atoms with van der Waals surface area (Å²) in [5.41, 5.74) is 2.20. The van der Waals surface area contributed by atoms with Gasteiger partial charge in [-0.1, -0.05) is 24.0 Å². The molecule has 2 aromatic carbocycles. The monoisotopic (exact) mass is 281 g/mol. The van der Waals surface area contributed by atoms with Gasteiger partial charge in [0.1, 0.15) is 12.4 Å². The van der Waals surface area contributed by atoms with Crippen molar-refractivity contribution < 1.29 is 15.0 Å². The number of anilines is 1. The Hall–Kier alpha value is -2.77. The first-order valence-corrected chi connectivity index (χ1v) is 6.45. The third-order valence-electron chi connectivity index (χ3n) is 2.76. The Morgan fingerprint density at radius 1 is 1.14 bits per heavy atom. The van der Waals surface area contributed by atoms with Gasteiger partial charge in [-0.25, -0.2) is 0 Å². The van der Waals surface area contributed by atoms with Crippen LogP contribution in [0, 0.1) is 11.8 Å². The van der Waals surface area contributed by atoms with Crippen LogP contribution >= 0.6 is 0 Å². The van der Waals surface area contributed by atoms with Gasteiger partial charge in [0.2, 0.25) is 5.91 Å². The van der Waals surface area contributed by atoms with Crippen LogP contribution in [0.1, 0.15) is 11.1 Å². The maximum atomic E-state index is 11.9. The van der Waals surface area contributed by atoms with E-state index in [-0.39, 0.29) is 24.7 Å². The number of nitrogens with one attached hydrogen (secondary N) is 1. The number of phenolic OH excluding ortho intramolecular Hbond substituents is 1. The average Bonchev–Trinajstić information content (AvgIpc) is 2.46. The summed E-state index contributed by atoms with van der Waals surface area (Å²) in [6, 6.07) is 13.7. The van der Waals surface area contributed by atoms with Crippen LogP contribution in [0.4, 0.5) is 5.69 Å². The third-order valence-corrected chi connectivity index (χ3v) is 2.76. The molecule has 0 radical (unpaired) electrons. The predicted octanol–water partition coefficient (Wildman–Crippen LogP) is 1.92. The molecule has 0 fully saturated rings. The minimum absolute atomic E-state index is 0.145. The highest BCUT2D eigenvalue weighted by Gasteiger charge is 2.04. The first-order chi connectivity index (χ1) is 10.2. The van der Waals surface area contributed by atoms with Crippen molar-refractivity contribution in [3.63, 3.8) is 0 Å². The quantitative estimate of drug-likeness (QED) is 0.753. The van der Waals surface area contributed by atoms with Crippen molar-refractivity contribution in [2.75, 3.05) is 11.9 Å². The van der Waals surface area contributed by atoms with Crippen LogP contribution in [-0.2, 0) is 11.2 Å². The summed E-state index contributed by atoms with van der Waals surface area (Å²) in [5, 5.41) is 20.7. The molecule has 0 aliphatic heterocycles. The number of carbonyl (C=O) groups excluding carboxylic acids is 1. The van der Waals surface area contributed by atoms with Crippen LogP contribution in [0.3, 0.4) is 0 Å². The Bertz CT molecular complexity index is 681. The van der Waals surface area contributed by atoms with Crippen LogP contribution in [0.25, 0.3) is 0 Å². The summed E-state index contributed by atoms with van der Waals surface area (Å²) in [4.78, 5) is 11.9. The van der Waals surface area contributed by atoms with Gasteiger partial charge in [0.15, 0.2) is 0 Å². The third kappa shape index (κ3) is 4.68. The van der Waals surface area contributed by atoms with Crippen LogP contribution in [0.2, 0.25) is 0 Å².